The Balaban J connectivity index is 1.82. The number of halogens is 1. The SMILES string of the molecule is CCOC(=O)C1CCC(NC(=O)c2ccc(Br)cc2)CC1. The van der Waals surface area contributed by atoms with Gasteiger partial charge in [0, 0.05) is 16.1 Å². The number of carbonyl (C=O) groups is 2. The minimum atomic E-state index is -0.102. The van der Waals surface area contributed by atoms with E-state index >= 15 is 0 Å². The number of carbonyl (C=O) groups excluding carboxylic acids is 2. The Bertz CT molecular complexity index is 493. The molecule has 1 aliphatic carbocycles. The van der Waals surface area contributed by atoms with E-state index in [1.807, 2.05) is 19.1 Å². The number of benzene rings is 1. The molecule has 0 aromatic heterocycles. The van der Waals surface area contributed by atoms with E-state index in [9.17, 15) is 9.59 Å². The van der Waals surface area contributed by atoms with Crippen molar-refractivity contribution in [3.63, 3.8) is 0 Å². The maximum atomic E-state index is 12.1. The molecule has 1 saturated carbocycles. The van der Waals surface area contributed by atoms with Crippen LogP contribution in [0.15, 0.2) is 28.7 Å². The van der Waals surface area contributed by atoms with Crippen molar-refractivity contribution in [2.75, 3.05) is 6.61 Å². The second-order valence-electron chi connectivity index (χ2n) is 5.28. The Morgan fingerprint density at radius 1 is 1.19 bits per heavy atom. The van der Waals surface area contributed by atoms with Crippen LogP contribution in [0.3, 0.4) is 0 Å². The van der Waals surface area contributed by atoms with Gasteiger partial charge >= 0.3 is 5.97 Å². The van der Waals surface area contributed by atoms with Crippen LogP contribution < -0.4 is 5.32 Å². The fourth-order valence-corrected chi connectivity index (χ4v) is 2.87. The number of hydrogen-bond donors (Lipinski definition) is 1. The van der Waals surface area contributed by atoms with Gasteiger partial charge in [0.2, 0.25) is 0 Å². The van der Waals surface area contributed by atoms with Crippen LogP contribution in [0, 0.1) is 5.92 Å². The summed E-state index contributed by atoms with van der Waals surface area (Å²) in [4.78, 5) is 23.8. The van der Waals surface area contributed by atoms with Gasteiger partial charge in [-0.05, 0) is 56.9 Å². The van der Waals surface area contributed by atoms with Crippen molar-refractivity contribution in [1.29, 1.82) is 0 Å². The van der Waals surface area contributed by atoms with E-state index in [0.29, 0.717) is 12.2 Å². The maximum absolute atomic E-state index is 12.1. The molecule has 1 amide bonds. The van der Waals surface area contributed by atoms with Gasteiger partial charge in [0.05, 0.1) is 12.5 Å². The van der Waals surface area contributed by atoms with E-state index in [2.05, 4.69) is 21.2 Å². The maximum Gasteiger partial charge on any atom is 0.308 e. The first-order valence-corrected chi connectivity index (χ1v) is 8.12. The summed E-state index contributed by atoms with van der Waals surface area (Å²) in [7, 11) is 0. The van der Waals surface area contributed by atoms with Crippen LogP contribution >= 0.6 is 15.9 Å². The lowest BCUT2D eigenvalue weighted by Crippen LogP contribution is -2.39. The van der Waals surface area contributed by atoms with Gasteiger partial charge in [0.15, 0.2) is 0 Å². The van der Waals surface area contributed by atoms with Gasteiger partial charge in [-0.25, -0.2) is 0 Å². The summed E-state index contributed by atoms with van der Waals surface area (Å²) in [6.07, 6.45) is 3.21. The van der Waals surface area contributed by atoms with Crippen LogP contribution in [-0.4, -0.2) is 24.5 Å². The molecule has 0 bridgehead atoms. The third-order valence-electron chi connectivity index (χ3n) is 3.79. The predicted molar refractivity (Wildman–Crippen MR) is 84.0 cm³/mol. The zero-order valence-electron chi connectivity index (χ0n) is 12.1. The van der Waals surface area contributed by atoms with Gasteiger partial charge < -0.3 is 10.1 Å². The Morgan fingerprint density at radius 3 is 2.38 bits per heavy atom. The van der Waals surface area contributed by atoms with Crippen molar-refractivity contribution in [2.24, 2.45) is 5.92 Å². The van der Waals surface area contributed by atoms with Gasteiger partial charge in [-0.15, -0.1) is 0 Å². The lowest BCUT2D eigenvalue weighted by atomic mass is 9.86. The highest BCUT2D eigenvalue weighted by molar-refractivity contribution is 9.10. The number of ether oxygens (including phenoxy) is 1. The molecule has 1 aromatic rings. The Morgan fingerprint density at radius 2 is 1.81 bits per heavy atom. The topological polar surface area (TPSA) is 55.4 Å². The molecule has 1 aliphatic rings. The molecule has 21 heavy (non-hydrogen) atoms. The lowest BCUT2D eigenvalue weighted by Gasteiger charge is -2.27. The summed E-state index contributed by atoms with van der Waals surface area (Å²) in [6, 6.07) is 7.44. The number of amides is 1. The van der Waals surface area contributed by atoms with Gasteiger partial charge in [-0.2, -0.15) is 0 Å². The molecule has 0 heterocycles. The van der Waals surface area contributed by atoms with E-state index in [1.54, 1.807) is 12.1 Å². The van der Waals surface area contributed by atoms with Crippen LogP contribution in [0.2, 0.25) is 0 Å². The molecule has 0 radical (unpaired) electrons. The van der Waals surface area contributed by atoms with Crippen molar-refractivity contribution in [2.45, 2.75) is 38.6 Å². The summed E-state index contributed by atoms with van der Waals surface area (Å²) < 4.78 is 6.00. The zero-order valence-corrected chi connectivity index (χ0v) is 13.7. The summed E-state index contributed by atoms with van der Waals surface area (Å²) in [6.45, 7) is 2.25. The predicted octanol–water partition coefficient (Wildman–Crippen LogP) is 3.30. The molecule has 1 aromatic carbocycles. The molecule has 114 valence electrons. The van der Waals surface area contributed by atoms with Gasteiger partial charge in [-0.1, -0.05) is 15.9 Å². The van der Waals surface area contributed by atoms with E-state index < -0.39 is 0 Å². The largest absolute Gasteiger partial charge is 0.466 e. The molecular formula is C16H20BrNO3. The van der Waals surface area contributed by atoms with Crippen molar-refractivity contribution < 1.29 is 14.3 Å². The molecule has 4 nitrogen and oxygen atoms in total. The summed E-state index contributed by atoms with van der Waals surface area (Å²) in [5, 5.41) is 3.04. The molecule has 0 spiro atoms. The van der Waals surface area contributed by atoms with Crippen LogP contribution in [0.5, 0.6) is 0 Å². The van der Waals surface area contributed by atoms with Gasteiger partial charge in [-0.3, -0.25) is 9.59 Å². The Hall–Kier alpha value is -1.36. The van der Waals surface area contributed by atoms with Crippen molar-refractivity contribution in [3.05, 3.63) is 34.3 Å². The Labute approximate surface area is 133 Å². The number of esters is 1. The zero-order chi connectivity index (χ0) is 15.2. The summed E-state index contributed by atoms with van der Waals surface area (Å²) >= 11 is 3.35. The first kappa shape index (κ1) is 16.0. The van der Waals surface area contributed by atoms with Crippen molar-refractivity contribution in [3.8, 4) is 0 Å². The second-order valence-corrected chi connectivity index (χ2v) is 6.20. The highest BCUT2D eigenvalue weighted by Gasteiger charge is 2.28. The van der Waals surface area contributed by atoms with Crippen LogP contribution in [0.25, 0.3) is 0 Å². The fourth-order valence-electron chi connectivity index (χ4n) is 2.60. The number of rotatable bonds is 4. The number of hydrogen-bond acceptors (Lipinski definition) is 3. The second kappa shape index (κ2) is 7.59. The first-order valence-electron chi connectivity index (χ1n) is 7.33. The van der Waals surface area contributed by atoms with E-state index in [1.165, 1.54) is 0 Å². The molecule has 0 saturated heterocycles. The molecular weight excluding hydrogens is 334 g/mol. The molecule has 0 unspecified atom stereocenters. The average molecular weight is 354 g/mol. The quantitative estimate of drug-likeness (QED) is 0.844. The molecule has 2 rings (SSSR count). The minimum absolute atomic E-state index is 0.00853. The minimum Gasteiger partial charge on any atom is -0.466 e. The number of nitrogens with one attached hydrogen (secondary N) is 1. The standard InChI is InChI=1S/C16H20BrNO3/c1-2-21-16(20)12-5-9-14(10-6-12)18-15(19)11-3-7-13(17)8-4-11/h3-4,7-8,12,14H,2,5-6,9-10H2,1H3,(H,18,19). The van der Waals surface area contributed by atoms with Gasteiger partial charge in [0.1, 0.15) is 0 Å². The highest BCUT2D eigenvalue weighted by atomic mass is 79.9. The van der Waals surface area contributed by atoms with Gasteiger partial charge in [0.25, 0.3) is 5.91 Å². The fraction of sp³-hybridized carbons (Fsp3) is 0.500. The van der Waals surface area contributed by atoms with Crippen LogP contribution in [0.1, 0.15) is 43.0 Å². The monoisotopic (exact) mass is 353 g/mol. The summed E-state index contributed by atoms with van der Waals surface area (Å²) in [5.74, 6) is -0.164. The average Bonchev–Trinajstić information content (AvgIpc) is 2.49. The van der Waals surface area contributed by atoms with E-state index in [4.69, 9.17) is 4.74 Å². The third kappa shape index (κ3) is 4.56. The van der Waals surface area contributed by atoms with Crippen LogP contribution in [-0.2, 0) is 9.53 Å². The molecule has 1 N–H and O–H groups in total. The summed E-state index contributed by atoms with van der Waals surface area (Å²) in [5.41, 5.74) is 0.658. The lowest BCUT2D eigenvalue weighted by molar-refractivity contribution is -0.149. The molecule has 0 atom stereocenters. The smallest absolute Gasteiger partial charge is 0.308 e. The van der Waals surface area contributed by atoms with Crippen molar-refractivity contribution >= 4 is 27.8 Å². The molecule has 5 heteroatoms. The molecule has 1 fully saturated rings. The normalized spacial score (nSPS) is 21.6. The van der Waals surface area contributed by atoms with E-state index in [0.717, 1.165) is 30.2 Å². The first-order chi connectivity index (χ1) is 10.1. The van der Waals surface area contributed by atoms with Crippen molar-refractivity contribution in [1.82, 2.24) is 5.32 Å². The van der Waals surface area contributed by atoms with E-state index in [-0.39, 0.29) is 23.8 Å². The highest BCUT2D eigenvalue weighted by Crippen LogP contribution is 2.25. The van der Waals surface area contributed by atoms with Crippen LogP contribution in [0.4, 0.5) is 0 Å². The Kier molecular flexibility index (Phi) is 5.79. The molecule has 0 aliphatic heterocycles. The third-order valence-corrected chi connectivity index (χ3v) is 4.32.